The van der Waals surface area contributed by atoms with E-state index >= 15 is 0 Å². The summed E-state index contributed by atoms with van der Waals surface area (Å²) in [5.41, 5.74) is 2.33. The number of halogens is 1. The molecular formula is C45H55ClN4O8. The molecule has 1 saturated carbocycles. The number of methoxy groups -OCH3 is 1. The number of phenolic OH excluding ortho intramolecular Hbond substituents is 1. The number of nitrogens with zero attached hydrogens (tertiary/aromatic N) is 2. The first kappa shape index (κ1) is 41.5. The van der Waals surface area contributed by atoms with Gasteiger partial charge in [-0.1, -0.05) is 54.8 Å². The number of fused-ring (bicyclic) bond motifs is 4. The van der Waals surface area contributed by atoms with E-state index in [1.54, 1.807) is 36.2 Å². The zero-order valence-corrected chi connectivity index (χ0v) is 34.1. The van der Waals surface area contributed by atoms with Crippen molar-refractivity contribution in [3.8, 4) is 17.2 Å². The Hall–Kier alpha value is -4.62. The summed E-state index contributed by atoms with van der Waals surface area (Å²) in [5, 5.41) is 36.1. The van der Waals surface area contributed by atoms with E-state index in [4.69, 9.17) is 21.1 Å². The summed E-state index contributed by atoms with van der Waals surface area (Å²) >= 11 is 6.60. The van der Waals surface area contributed by atoms with E-state index in [0.29, 0.717) is 77.2 Å². The lowest BCUT2D eigenvalue weighted by Gasteiger charge is -2.53. The average Bonchev–Trinajstić information content (AvgIpc) is 3.23. The number of benzene rings is 3. The van der Waals surface area contributed by atoms with E-state index in [1.165, 1.54) is 32.1 Å². The minimum absolute atomic E-state index is 0.0804. The first-order chi connectivity index (χ1) is 28.0. The molecule has 3 unspecified atom stereocenters. The SMILES string of the molecule is COc1cc(OCC(=O)N(C)CCCc2cccc(C3(C(=O)O)CCCCC3C3CN4CCC3CC4)c2)c(Cl)cc1CNC[C@H](O)c1ccc(O)c2[nH]c(=O)ccc12. The molecule has 1 aromatic heterocycles. The second-order valence-electron chi connectivity index (χ2n) is 16.4. The molecule has 1 amide bonds. The maximum Gasteiger partial charge on any atom is 0.314 e. The summed E-state index contributed by atoms with van der Waals surface area (Å²) < 4.78 is 11.5. The van der Waals surface area contributed by atoms with Crippen molar-refractivity contribution in [1.29, 1.82) is 0 Å². The first-order valence-electron chi connectivity index (χ1n) is 20.5. The number of ether oxygens (including phenoxy) is 2. The minimum Gasteiger partial charge on any atom is -0.506 e. The lowest BCUT2D eigenvalue weighted by molar-refractivity contribution is -0.151. The van der Waals surface area contributed by atoms with Crippen molar-refractivity contribution in [2.24, 2.45) is 17.8 Å². The molecule has 5 N–H and O–H groups in total. The van der Waals surface area contributed by atoms with Crippen LogP contribution >= 0.6 is 11.6 Å². The Morgan fingerprint density at radius 1 is 1.07 bits per heavy atom. The second kappa shape index (κ2) is 18.1. The molecule has 4 aliphatic rings. The number of aliphatic carboxylic acids is 1. The molecule has 58 heavy (non-hydrogen) atoms. The number of carboxylic acids is 1. The van der Waals surface area contributed by atoms with Crippen LogP contribution in [0.2, 0.25) is 5.02 Å². The Morgan fingerprint density at radius 3 is 2.62 bits per heavy atom. The number of hydrogen-bond donors (Lipinski definition) is 5. The monoisotopic (exact) mass is 814 g/mol. The van der Waals surface area contributed by atoms with Gasteiger partial charge in [0, 0.05) is 56.3 Å². The van der Waals surface area contributed by atoms with E-state index in [0.717, 1.165) is 50.0 Å². The van der Waals surface area contributed by atoms with Crippen LogP contribution in [0.4, 0.5) is 0 Å². The van der Waals surface area contributed by atoms with Gasteiger partial charge in [0.2, 0.25) is 5.56 Å². The number of hydrogen-bond acceptors (Lipinski definition) is 9. The molecule has 8 rings (SSSR count). The maximum absolute atomic E-state index is 13.3. The lowest BCUT2D eigenvalue weighted by atomic mass is 9.55. The fourth-order valence-electron chi connectivity index (χ4n) is 9.91. The smallest absolute Gasteiger partial charge is 0.314 e. The first-order valence-corrected chi connectivity index (χ1v) is 20.9. The Morgan fingerprint density at radius 2 is 1.88 bits per heavy atom. The van der Waals surface area contributed by atoms with E-state index in [9.17, 15) is 29.7 Å². The van der Waals surface area contributed by atoms with Crippen molar-refractivity contribution in [2.45, 2.75) is 69.4 Å². The molecule has 1 aliphatic carbocycles. The van der Waals surface area contributed by atoms with Gasteiger partial charge in [0.1, 0.15) is 17.2 Å². The van der Waals surface area contributed by atoms with Gasteiger partial charge in [0.15, 0.2) is 6.61 Å². The molecule has 13 heteroatoms. The van der Waals surface area contributed by atoms with Crippen molar-refractivity contribution >= 4 is 34.4 Å². The molecule has 3 aromatic carbocycles. The molecular weight excluding hydrogens is 760 g/mol. The fourth-order valence-corrected chi connectivity index (χ4v) is 10.2. The molecule has 4 atom stereocenters. The van der Waals surface area contributed by atoms with Crippen molar-refractivity contribution in [3.63, 3.8) is 0 Å². The fraction of sp³-hybridized carbons (Fsp3) is 0.489. The van der Waals surface area contributed by atoms with Crippen LogP contribution in [-0.2, 0) is 28.0 Å². The van der Waals surface area contributed by atoms with Gasteiger partial charge in [0.25, 0.3) is 5.91 Å². The van der Waals surface area contributed by atoms with Gasteiger partial charge >= 0.3 is 5.97 Å². The zero-order chi connectivity index (χ0) is 41.0. The van der Waals surface area contributed by atoms with Gasteiger partial charge in [-0.3, -0.25) is 14.4 Å². The highest BCUT2D eigenvalue weighted by Crippen LogP contribution is 2.52. The average molecular weight is 815 g/mol. The van der Waals surface area contributed by atoms with Crippen molar-refractivity contribution in [1.82, 2.24) is 20.1 Å². The van der Waals surface area contributed by atoms with Crippen LogP contribution in [0.5, 0.6) is 17.2 Å². The summed E-state index contributed by atoms with van der Waals surface area (Å²) in [6.45, 7) is 4.06. The Kier molecular flexibility index (Phi) is 13.0. The molecule has 4 fully saturated rings. The topological polar surface area (TPSA) is 165 Å². The number of aromatic amines is 1. The maximum atomic E-state index is 13.3. The number of amides is 1. The number of likely N-dealkylation sites (N-methyl/N-ethyl adjacent to an activating group) is 1. The number of H-pyrrole nitrogens is 1. The highest BCUT2D eigenvalue weighted by Gasteiger charge is 2.54. The van der Waals surface area contributed by atoms with E-state index < -0.39 is 17.5 Å². The molecule has 4 aromatic rings. The van der Waals surface area contributed by atoms with Gasteiger partial charge in [-0.05, 0) is 104 Å². The van der Waals surface area contributed by atoms with Crippen molar-refractivity contribution in [2.75, 3.05) is 53.5 Å². The molecule has 12 nitrogen and oxygen atoms in total. The number of pyridine rings is 1. The van der Waals surface area contributed by atoms with Gasteiger partial charge in [-0.2, -0.15) is 0 Å². The van der Waals surface area contributed by atoms with Crippen LogP contribution in [0, 0.1) is 17.8 Å². The van der Waals surface area contributed by atoms with Crippen molar-refractivity contribution in [3.05, 3.63) is 98.3 Å². The molecule has 2 bridgehead atoms. The van der Waals surface area contributed by atoms with Crippen molar-refractivity contribution < 1.29 is 34.4 Å². The number of aromatic hydroxyl groups is 1. The summed E-state index contributed by atoms with van der Waals surface area (Å²) in [6, 6.07) is 17.5. The highest BCUT2D eigenvalue weighted by atomic mass is 35.5. The van der Waals surface area contributed by atoms with Crippen LogP contribution < -0.4 is 20.3 Å². The predicted octanol–water partition coefficient (Wildman–Crippen LogP) is 6.04. The number of nitrogens with one attached hydrogen (secondary N) is 2. The quantitative estimate of drug-likeness (QED) is 0.0901. The van der Waals surface area contributed by atoms with Crippen LogP contribution in [0.3, 0.4) is 0 Å². The number of piperidine rings is 3. The number of rotatable bonds is 16. The summed E-state index contributed by atoms with van der Waals surface area (Å²) in [6.07, 6.45) is 6.53. The Labute approximate surface area is 344 Å². The standard InChI is InChI=1S/C45H55ClN4O8/c1-49(18-6-8-28-7-5-9-31(21-28)45(44(55)56)17-4-3-10-35(45)34-26-50-19-15-29(34)16-20-50)42(54)27-58-40-23-39(57-2)30(22-36(40)46)24-47-25-38(52)32-11-13-37(51)43-33(32)12-14-41(53)48-43/h5,7,9,11-14,21-23,29,34-35,38,47,51-52H,3-4,6,8,10,15-20,24-27H2,1-2H3,(H,48,53)(H,55,56)/t34?,35?,38-,45?/m0/s1. The number of aliphatic hydroxyl groups excluding tert-OH is 1. The number of carbonyl (C=O) groups excluding carboxylic acids is 1. The molecule has 4 heterocycles. The Balaban J connectivity index is 0.914. The zero-order valence-electron chi connectivity index (χ0n) is 33.3. The van der Waals surface area contributed by atoms with Gasteiger partial charge in [-0.25, -0.2) is 0 Å². The van der Waals surface area contributed by atoms with Gasteiger partial charge < -0.3 is 44.9 Å². The lowest BCUT2D eigenvalue weighted by Crippen LogP contribution is -2.56. The highest BCUT2D eigenvalue weighted by molar-refractivity contribution is 6.32. The van der Waals surface area contributed by atoms with E-state index in [2.05, 4.69) is 27.3 Å². The number of carboxylic acid groups (broad SMARTS) is 1. The van der Waals surface area contributed by atoms with E-state index in [-0.39, 0.29) is 41.8 Å². The van der Waals surface area contributed by atoms with Crippen LogP contribution in [-0.4, -0.2) is 95.5 Å². The molecule has 310 valence electrons. The summed E-state index contributed by atoms with van der Waals surface area (Å²) in [4.78, 5) is 45.0. The largest absolute Gasteiger partial charge is 0.506 e. The Bertz CT molecular complexity index is 2170. The molecule has 3 aliphatic heterocycles. The number of aliphatic hydroxyl groups is 1. The third-order valence-electron chi connectivity index (χ3n) is 13.0. The van der Waals surface area contributed by atoms with Crippen LogP contribution in [0.15, 0.2) is 65.5 Å². The minimum atomic E-state index is -0.941. The van der Waals surface area contributed by atoms with Gasteiger partial charge in [-0.15, -0.1) is 0 Å². The number of aromatic nitrogens is 1. The molecule has 0 spiro atoms. The normalized spacial score (nSPS) is 23.4. The molecule has 0 radical (unpaired) electrons. The van der Waals surface area contributed by atoms with E-state index in [1.807, 2.05) is 12.1 Å². The number of aryl methyl sites for hydroxylation is 1. The van der Waals surface area contributed by atoms with Crippen LogP contribution in [0.1, 0.15) is 73.3 Å². The number of carbonyl (C=O) groups is 2. The van der Waals surface area contributed by atoms with Crippen LogP contribution in [0.25, 0.3) is 10.9 Å². The third-order valence-corrected chi connectivity index (χ3v) is 13.3. The summed E-state index contributed by atoms with van der Waals surface area (Å²) in [5.74, 6) is 1.01. The summed E-state index contributed by atoms with van der Waals surface area (Å²) in [7, 11) is 3.27. The molecule has 3 saturated heterocycles. The second-order valence-corrected chi connectivity index (χ2v) is 16.8. The number of phenols is 1. The predicted molar refractivity (Wildman–Crippen MR) is 223 cm³/mol. The third kappa shape index (κ3) is 8.71. The van der Waals surface area contributed by atoms with Gasteiger partial charge in [0.05, 0.1) is 29.2 Å².